The molecule has 3 nitrogen and oxygen atoms in total. The molecule has 1 atom stereocenters. The Labute approximate surface area is 143 Å². The molecular formula is C20H39NO2. The maximum absolute atomic E-state index is 9.24. The lowest BCUT2D eigenvalue weighted by atomic mass is 10.0. The van der Waals surface area contributed by atoms with Gasteiger partial charge < -0.3 is 9.84 Å². The number of nitrogens with zero attached hydrogens (tertiary/aromatic N) is 1. The molecule has 136 valence electrons. The zero-order valence-corrected chi connectivity index (χ0v) is 15.6. The summed E-state index contributed by atoms with van der Waals surface area (Å²) in [6.07, 6.45) is 18.8. The zero-order valence-electron chi connectivity index (χ0n) is 15.6. The number of aliphatic imine (C=N–C) groups is 1. The van der Waals surface area contributed by atoms with Crippen LogP contribution in [0.25, 0.3) is 0 Å². The van der Waals surface area contributed by atoms with Crippen LogP contribution in [-0.2, 0) is 4.74 Å². The second kappa shape index (κ2) is 12.8. The second-order valence-corrected chi connectivity index (χ2v) is 7.44. The molecule has 1 N–H and O–H groups in total. The molecular weight excluding hydrogens is 286 g/mol. The summed E-state index contributed by atoms with van der Waals surface area (Å²) < 4.78 is 5.56. The molecule has 3 heteroatoms. The van der Waals surface area contributed by atoms with Crippen molar-refractivity contribution in [2.45, 2.75) is 109 Å². The Morgan fingerprint density at radius 1 is 0.870 bits per heavy atom. The predicted molar refractivity (Wildman–Crippen MR) is 99.2 cm³/mol. The molecule has 0 aliphatic carbocycles. The van der Waals surface area contributed by atoms with E-state index in [1.807, 2.05) is 6.92 Å². The van der Waals surface area contributed by atoms with Crippen LogP contribution in [0.5, 0.6) is 0 Å². The number of unbranched alkanes of at least 4 members (excludes halogenated alkanes) is 12. The number of aliphatic hydroxyl groups is 1. The molecule has 0 radical (unpaired) electrons. The SMILES string of the molecule is CCCCCCCCCCCCCCCC1=NC(C)(CO)CO1. The van der Waals surface area contributed by atoms with Gasteiger partial charge in [-0.3, -0.25) is 0 Å². The summed E-state index contributed by atoms with van der Waals surface area (Å²) in [4.78, 5) is 4.48. The molecule has 23 heavy (non-hydrogen) atoms. The molecule has 1 rings (SSSR count). The van der Waals surface area contributed by atoms with E-state index >= 15 is 0 Å². The first-order valence-electron chi connectivity index (χ1n) is 10.0. The van der Waals surface area contributed by atoms with Crippen molar-refractivity contribution in [2.75, 3.05) is 13.2 Å². The van der Waals surface area contributed by atoms with Gasteiger partial charge in [0, 0.05) is 6.42 Å². The zero-order chi connectivity index (χ0) is 16.8. The molecule has 0 fully saturated rings. The van der Waals surface area contributed by atoms with Crippen molar-refractivity contribution < 1.29 is 9.84 Å². The Morgan fingerprint density at radius 3 is 1.78 bits per heavy atom. The third-order valence-corrected chi connectivity index (χ3v) is 4.78. The maximum Gasteiger partial charge on any atom is 0.184 e. The van der Waals surface area contributed by atoms with Gasteiger partial charge in [0.05, 0.1) is 6.61 Å². The van der Waals surface area contributed by atoms with Crippen LogP contribution in [0.2, 0.25) is 0 Å². The Bertz CT molecular complexity index is 317. The molecule has 0 saturated carbocycles. The Balaban J connectivity index is 1.81. The summed E-state index contributed by atoms with van der Waals surface area (Å²) in [7, 11) is 0. The van der Waals surface area contributed by atoms with Gasteiger partial charge in [0.1, 0.15) is 12.1 Å². The van der Waals surface area contributed by atoms with Gasteiger partial charge in [-0.15, -0.1) is 0 Å². The summed E-state index contributed by atoms with van der Waals surface area (Å²) in [6.45, 7) is 4.84. The molecule has 0 aromatic heterocycles. The van der Waals surface area contributed by atoms with Crippen LogP contribution < -0.4 is 0 Å². The normalized spacial score (nSPS) is 20.6. The first-order chi connectivity index (χ1) is 11.2. The van der Waals surface area contributed by atoms with E-state index < -0.39 is 0 Å². The van der Waals surface area contributed by atoms with E-state index in [0.717, 1.165) is 18.7 Å². The van der Waals surface area contributed by atoms with Crippen molar-refractivity contribution in [1.29, 1.82) is 0 Å². The number of aliphatic hydroxyl groups excluding tert-OH is 1. The van der Waals surface area contributed by atoms with Gasteiger partial charge in [-0.05, 0) is 13.3 Å². The summed E-state index contributed by atoms with van der Waals surface area (Å²) in [5, 5.41) is 9.24. The van der Waals surface area contributed by atoms with Crippen LogP contribution in [-0.4, -0.2) is 29.8 Å². The van der Waals surface area contributed by atoms with Crippen LogP contribution >= 0.6 is 0 Å². The number of ether oxygens (including phenoxy) is 1. The van der Waals surface area contributed by atoms with Gasteiger partial charge >= 0.3 is 0 Å². The molecule has 1 aliphatic heterocycles. The van der Waals surface area contributed by atoms with E-state index in [1.54, 1.807) is 0 Å². The van der Waals surface area contributed by atoms with Crippen molar-refractivity contribution >= 4 is 5.90 Å². The average molecular weight is 326 g/mol. The largest absolute Gasteiger partial charge is 0.478 e. The highest BCUT2D eigenvalue weighted by Gasteiger charge is 2.30. The van der Waals surface area contributed by atoms with Gasteiger partial charge in [-0.25, -0.2) is 4.99 Å². The van der Waals surface area contributed by atoms with Gasteiger partial charge in [-0.2, -0.15) is 0 Å². The van der Waals surface area contributed by atoms with Gasteiger partial charge in [0.25, 0.3) is 0 Å². The topological polar surface area (TPSA) is 41.8 Å². The average Bonchev–Trinajstić information content (AvgIpc) is 2.94. The fourth-order valence-electron chi connectivity index (χ4n) is 3.11. The molecule has 0 aromatic carbocycles. The molecule has 1 aliphatic rings. The molecule has 1 unspecified atom stereocenters. The van der Waals surface area contributed by atoms with E-state index in [4.69, 9.17) is 4.74 Å². The summed E-state index contributed by atoms with van der Waals surface area (Å²) in [5.41, 5.74) is -0.383. The molecule has 1 heterocycles. The highest BCUT2D eigenvalue weighted by Crippen LogP contribution is 2.20. The van der Waals surface area contributed by atoms with Crippen LogP contribution in [0.1, 0.15) is 104 Å². The standard InChI is InChI=1S/C20H39NO2/c1-3-4-5-6-7-8-9-10-11-12-13-14-15-16-19-21-20(2,17-22)18-23-19/h22H,3-18H2,1-2H3. The van der Waals surface area contributed by atoms with E-state index in [9.17, 15) is 5.11 Å². The first kappa shape index (κ1) is 20.5. The Kier molecular flexibility index (Phi) is 11.4. The lowest BCUT2D eigenvalue weighted by Gasteiger charge is -2.12. The van der Waals surface area contributed by atoms with Crippen molar-refractivity contribution in [1.82, 2.24) is 0 Å². The maximum atomic E-state index is 9.24. The van der Waals surface area contributed by atoms with Crippen LogP contribution in [0, 0.1) is 0 Å². The van der Waals surface area contributed by atoms with Gasteiger partial charge in [-0.1, -0.05) is 84.0 Å². The molecule has 0 spiro atoms. The van der Waals surface area contributed by atoms with Crippen molar-refractivity contribution in [2.24, 2.45) is 4.99 Å². The Hall–Kier alpha value is -0.570. The van der Waals surface area contributed by atoms with E-state index in [-0.39, 0.29) is 12.1 Å². The lowest BCUT2D eigenvalue weighted by Crippen LogP contribution is -2.28. The number of hydrogen-bond acceptors (Lipinski definition) is 3. The quantitative estimate of drug-likeness (QED) is 0.395. The smallest absolute Gasteiger partial charge is 0.184 e. The third kappa shape index (κ3) is 10.0. The summed E-state index contributed by atoms with van der Waals surface area (Å²) in [6, 6.07) is 0. The van der Waals surface area contributed by atoms with Crippen LogP contribution in [0.4, 0.5) is 0 Å². The summed E-state index contributed by atoms with van der Waals surface area (Å²) in [5.74, 6) is 0.852. The minimum absolute atomic E-state index is 0.0785. The lowest BCUT2D eigenvalue weighted by molar-refractivity contribution is 0.169. The third-order valence-electron chi connectivity index (χ3n) is 4.78. The van der Waals surface area contributed by atoms with Crippen LogP contribution in [0.15, 0.2) is 4.99 Å². The highest BCUT2D eigenvalue weighted by molar-refractivity contribution is 5.78. The van der Waals surface area contributed by atoms with Crippen molar-refractivity contribution in [3.05, 3.63) is 0 Å². The van der Waals surface area contributed by atoms with Gasteiger partial charge in [0.2, 0.25) is 0 Å². The molecule has 0 saturated heterocycles. The van der Waals surface area contributed by atoms with Crippen molar-refractivity contribution in [3.63, 3.8) is 0 Å². The minimum Gasteiger partial charge on any atom is -0.478 e. The minimum atomic E-state index is -0.383. The molecule has 0 aromatic rings. The van der Waals surface area contributed by atoms with E-state index in [2.05, 4.69) is 11.9 Å². The van der Waals surface area contributed by atoms with Crippen molar-refractivity contribution in [3.8, 4) is 0 Å². The fourth-order valence-corrected chi connectivity index (χ4v) is 3.11. The number of rotatable bonds is 15. The molecule has 0 bridgehead atoms. The summed E-state index contributed by atoms with van der Waals surface area (Å²) >= 11 is 0. The monoisotopic (exact) mass is 325 g/mol. The second-order valence-electron chi connectivity index (χ2n) is 7.44. The highest BCUT2D eigenvalue weighted by atomic mass is 16.5. The molecule has 0 amide bonds. The van der Waals surface area contributed by atoms with E-state index in [0.29, 0.717) is 6.61 Å². The van der Waals surface area contributed by atoms with Crippen LogP contribution in [0.3, 0.4) is 0 Å². The predicted octanol–water partition coefficient (Wildman–Crippen LogP) is 5.65. The Morgan fingerprint density at radius 2 is 1.35 bits per heavy atom. The first-order valence-corrected chi connectivity index (χ1v) is 10.0. The number of hydrogen-bond donors (Lipinski definition) is 1. The fraction of sp³-hybridized carbons (Fsp3) is 0.950. The van der Waals surface area contributed by atoms with E-state index in [1.165, 1.54) is 77.0 Å². The van der Waals surface area contributed by atoms with Gasteiger partial charge in [0.15, 0.2) is 5.90 Å².